The summed E-state index contributed by atoms with van der Waals surface area (Å²) in [6.07, 6.45) is 0.364. The van der Waals surface area contributed by atoms with Gasteiger partial charge in [-0.1, -0.05) is 11.6 Å². The SMILES string of the molecule is COc1cc(NC(=O)O)c(Cl)cc1-c1nn(C2CCN(C)CC2)c(=O)o1. The molecule has 3 rings (SSSR count). The highest BCUT2D eigenvalue weighted by molar-refractivity contribution is 6.34. The molecular formula is C16H19ClN4O5. The van der Waals surface area contributed by atoms with Crippen LogP contribution in [0.2, 0.25) is 5.02 Å². The molecule has 0 spiro atoms. The second kappa shape index (κ2) is 7.38. The van der Waals surface area contributed by atoms with Crippen LogP contribution in [0.3, 0.4) is 0 Å². The molecule has 10 heteroatoms. The highest BCUT2D eigenvalue weighted by atomic mass is 35.5. The Hall–Kier alpha value is -2.52. The summed E-state index contributed by atoms with van der Waals surface area (Å²) in [5, 5.41) is 15.5. The molecule has 9 nitrogen and oxygen atoms in total. The molecule has 1 aromatic heterocycles. The molecule has 0 bridgehead atoms. The predicted molar refractivity (Wildman–Crippen MR) is 95.2 cm³/mol. The maximum Gasteiger partial charge on any atom is 0.437 e. The summed E-state index contributed by atoms with van der Waals surface area (Å²) >= 11 is 6.12. The Bertz CT molecular complexity index is 870. The Kier molecular flexibility index (Phi) is 5.19. The van der Waals surface area contributed by atoms with Crippen LogP contribution in [0.4, 0.5) is 10.5 Å². The highest BCUT2D eigenvalue weighted by Crippen LogP contribution is 2.36. The van der Waals surface area contributed by atoms with Gasteiger partial charge in [0.1, 0.15) is 5.75 Å². The maximum atomic E-state index is 12.2. The zero-order valence-corrected chi connectivity index (χ0v) is 15.1. The van der Waals surface area contributed by atoms with E-state index in [1.807, 2.05) is 7.05 Å². The molecule has 0 atom stereocenters. The van der Waals surface area contributed by atoms with Gasteiger partial charge >= 0.3 is 11.8 Å². The molecule has 1 saturated heterocycles. The third kappa shape index (κ3) is 3.68. The lowest BCUT2D eigenvalue weighted by Gasteiger charge is -2.27. The van der Waals surface area contributed by atoms with Crippen molar-refractivity contribution in [3.8, 4) is 17.2 Å². The highest BCUT2D eigenvalue weighted by Gasteiger charge is 2.24. The molecule has 1 fully saturated rings. The first-order valence-electron chi connectivity index (χ1n) is 8.05. The Labute approximate surface area is 154 Å². The standard InChI is InChI=1S/C16H19ClN4O5/c1-20-5-3-9(4-6-20)21-16(24)26-14(19-21)10-7-11(17)12(18-15(22)23)8-13(10)25-2/h7-9,18H,3-6H2,1-2H3,(H,22,23). The lowest BCUT2D eigenvalue weighted by atomic mass is 10.1. The molecule has 0 saturated carbocycles. The fourth-order valence-corrected chi connectivity index (χ4v) is 3.18. The zero-order chi connectivity index (χ0) is 18.8. The van der Waals surface area contributed by atoms with Crippen molar-refractivity contribution in [1.82, 2.24) is 14.7 Å². The first-order valence-corrected chi connectivity index (χ1v) is 8.43. The van der Waals surface area contributed by atoms with Crippen LogP contribution in [0.1, 0.15) is 18.9 Å². The van der Waals surface area contributed by atoms with E-state index in [1.54, 1.807) is 0 Å². The number of carboxylic acid groups (broad SMARTS) is 1. The van der Waals surface area contributed by atoms with Crippen LogP contribution in [0.15, 0.2) is 21.3 Å². The monoisotopic (exact) mass is 382 g/mol. The summed E-state index contributed by atoms with van der Waals surface area (Å²) in [4.78, 5) is 25.3. The van der Waals surface area contributed by atoms with E-state index >= 15 is 0 Å². The Morgan fingerprint density at radius 1 is 1.42 bits per heavy atom. The van der Waals surface area contributed by atoms with Gasteiger partial charge in [0.15, 0.2) is 0 Å². The van der Waals surface area contributed by atoms with E-state index in [-0.39, 0.29) is 28.4 Å². The minimum Gasteiger partial charge on any atom is -0.496 e. The van der Waals surface area contributed by atoms with Gasteiger partial charge in [0.2, 0.25) is 0 Å². The van der Waals surface area contributed by atoms with Crippen LogP contribution in [-0.4, -0.2) is 53.1 Å². The number of benzene rings is 1. The molecule has 2 heterocycles. The van der Waals surface area contributed by atoms with Crippen LogP contribution in [0.5, 0.6) is 5.75 Å². The molecule has 1 aliphatic heterocycles. The van der Waals surface area contributed by atoms with Crippen LogP contribution >= 0.6 is 11.6 Å². The van der Waals surface area contributed by atoms with Crippen molar-refractivity contribution >= 4 is 23.4 Å². The Balaban J connectivity index is 1.96. The van der Waals surface area contributed by atoms with Crippen LogP contribution in [-0.2, 0) is 0 Å². The van der Waals surface area contributed by atoms with Gasteiger partial charge in [0.05, 0.1) is 29.4 Å². The summed E-state index contributed by atoms with van der Waals surface area (Å²) in [7, 11) is 3.45. The topological polar surface area (TPSA) is 110 Å². The number of hydrogen-bond donors (Lipinski definition) is 2. The van der Waals surface area contributed by atoms with E-state index in [1.165, 1.54) is 23.9 Å². The zero-order valence-electron chi connectivity index (χ0n) is 14.4. The first-order chi connectivity index (χ1) is 12.4. The number of methoxy groups -OCH3 is 1. The molecule has 0 radical (unpaired) electrons. The summed E-state index contributed by atoms with van der Waals surface area (Å²) in [5.41, 5.74) is 0.536. The van der Waals surface area contributed by atoms with E-state index in [2.05, 4.69) is 15.3 Å². The second-order valence-corrected chi connectivity index (χ2v) is 6.52. The van der Waals surface area contributed by atoms with Crippen molar-refractivity contribution in [2.75, 3.05) is 32.6 Å². The summed E-state index contributed by atoms with van der Waals surface area (Å²) in [6, 6.07) is 2.85. The fourth-order valence-electron chi connectivity index (χ4n) is 2.97. The molecule has 1 aromatic carbocycles. The minimum absolute atomic E-state index is 0.0226. The number of piperidine rings is 1. The largest absolute Gasteiger partial charge is 0.496 e. The quantitative estimate of drug-likeness (QED) is 0.835. The van der Waals surface area contributed by atoms with Gasteiger partial charge in [-0.3, -0.25) is 5.32 Å². The van der Waals surface area contributed by atoms with E-state index in [4.69, 9.17) is 25.9 Å². The summed E-state index contributed by atoms with van der Waals surface area (Å²) < 4.78 is 11.9. The first kappa shape index (κ1) is 18.3. The fraction of sp³-hybridized carbons (Fsp3) is 0.438. The number of aromatic nitrogens is 2. The average Bonchev–Trinajstić information content (AvgIpc) is 2.98. The number of hydrogen-bond acceptors (Lipinski definition) is 6. The molecule has 26 heavy (non-hydrogen) atoms. The average molecular weight is 383 g/mol. The molecular weight excluding hydrogens is 364 g/mol. The lowest BCUT2D eigenvalue weighted by molar-refractivity contribution is 0.206. The number of likely N-dealkylation sites (tertiary alicyclic amines) is 1. The van der Waals surface area contributed by atoms with E-state index < -0.39 is 11.8 Å². The van der Waals surface area contributed by atoms with Gasteiger partial charge < -0.3 is 19.2 Å². The van der Waals surface area contributed by atoms with Gasteiger partial charge in [0.25, 0.3) is 5.89 Å². The summed E-state index contributed by atoms with van der Waals surface area (Å²) in [6.45, 7) is 1.76. The van der Waals surface area contributed by atoms with Crippen LogP contribution in [0.25, 0.3) is 11.5 Å². The molecule has 1 amide bonds. The number of nitrogens with one attached hydrogen (secondary N) is 1. The third-order valence-corrected chi connectivity index (χ3v) is 4.68. The maximum absolute atomic E-state index is 12.2. The molecule has 2 aromatic rings. The van der Waals surface area contributed by atoms with Crippen molar-refractivity contribution < 1.29 is 19.1 Å². The van der Waals surface area contributed by atoms with Crippen LogP contribution < -0.4 is 15.8 Å². The van der Waals surface area contributed by atoms with Gasteiger partial charge in [0, 0.05) is 6.07 Å². The molecule has 2 N–H and O–H groups in total. The third-order valence-electron chi connectivity index (χ3n) is 4.36. The molecule has 0 aliphatic carbocycles. The Morgan fingerprint density at radius 3 is 2.73 bits per heavy atom. The number of rotatable bonds is 4. The van der Waals surface area contributed by atoms with Gasteiger partial charge in [-0.2, -0.15) is 4.68 Å². The molecule has 0 unspecified atom stereocenters. The number of ether oxygens (including phenoxy) is 1. The number of amides is 1. The second-order valence-electron chi connectivity index (χ2n) is 6.11. The van der Waals surface area contributed by atoms with Crippen LogP contribution in [0, 0.1) is 0 Å². The summed E-state index contributed by atoms with van der Waals surface area (Å²) in [5.74, 6) is -0.176. The van der Waals surface area contributed by atoms with Gasteiger partial charge in [-0.05, 0) is 39.0 Å². The molecule has 1 aliphatic rings. The van der Waals surface area contributed by atoms with Crippen molar-refractivity contribution in [2.45, 2.75) is 18.9 Å². The smallest absolute Gasteiger partial charge is 0.437 e. The van der Waals surface area contributed by atoms with Crippen molar-refractivity contribution in [3.63, 3.8) is 0 Å². The van der Waals surface area contributed by atoms with E-state index in [9.17, 15) is 9.59 Å². The Morgan fingerprint density at radius 2 is 2.12 bits per heavy atom. The van der Waals surface area contributed by atoms with Gasteiger partial charge in [-0.15, -0.1) is 5.10 Å². The predicted octanol–water partition coefficient (Wildman–Crippen LogP) is 2.52. The van der Waals surface area contributed by atoms with E-state index in [0.29, 0.717) is 5.56 Å². The van der Waals surface area contributed by atoms with Crippen molar-refractivity contribution in [1.29, 1.82) is 0 Å². The minimum atomic E-state index is -1.25. The number of anilines is 1. The van der Waals surface area contributed by atoms with Gasteiger partial charge in [-0.25, -0.2) is 9.59 Å². The lowest BCUT2D eigenvalue weighted by Crippen LogP contribution is -2.34. The van der Waals surface area contributed by atoms with E-state index in [0.717, 1.165) is 25.9 Å². The molecule has 140 valence electrons. The van der Waals surface area contributed by atoms with Crippen molar-refractivity contribution in [2.24, 2.45) is 0 Å². The normalized spacial score (nSPS) is 15.8. The number of carbonyl (C=O) groups is 1. The van der Waals surface area contributed by atoms with Crippen molar-refractivity contribution in [3.05, 3.63) is 27.7 Å². The number of nitrogens with zero attached hydrogens (tertiary/aromatic N) is 3. The number of halogens is 1.